The van der Waals surface area contributed by atoms with Gasteiger partial charge in [-0.2, -0.15) is 0 Å². The first-order valence-corrected chi connectivity index (χ1v) is 11.4. The molecule has 2 heterocycles. The minimum Gasteiger partial charge on any atom is -0.356 e. The lowest BCUT2D eigenvalue weighted by molar-refractivity contribution is 0.179. The van der Waals surface area contributed by atoms with Gasteiger partial charge < -0.3 is 15.2 Å². The number of H-pyrrole nitrogens is 1. The molecule has 0 saturated heterocycles. The van der Waals surface area contributed by atoms with E-state index in [-0.39, 0.29) is 12.1 Å². The van der Waals surface area contributed by atoms with Crippen LogP contribution in [0, 0.1) is 0 Å². The number of carbonyl (C=O) groups is 1. The van der Waals surface area contributed by atoms with Crippen LogP contribution >= 0.6 is 0 Å². The Morgan fingerprint density at radius 2 is 1.58 bits per heavy atom. The van der Waals surface area contributed by atoms with Gasteiger partial charge in [0.2, 0.25) is 0 Å². The molecule has 0 aliphatic carbocycles. The average Bonchev–Trinajstić information content (AvgIpc) is 3.26. The second-order valence-corrected chi connectivity index (χ2v) is 8.62. The van der Waals surface area contributed by atoms with E-state index in [0.29, 0.717) is 13.1 Å². The summed E-state index contributed by atoms with van der Waals surface area (Å²) in [5.41, 5.74) is 5.80. The van der Waals surface area contributed by atoms with Crippen molar-refractivity contribution >= 4 is 27.7 Å². The first-order valence-electron chi connectivity index (χ1n) is 11.4. The van der Waals surface area contributed by atoms with Gasteiger partial charge >= 0.3 is 6.03 Å². The van der Waals surface area contributed by atoms with E-state index >= 15 is 0 Å². The van der Waals surface area contributed by atoms with Crippen molar-refractivity contribution in [3.63, 3.8) is 0 Å². The van der Waals surface area contributed by atoms with E-state index in [1.54, 1.807) is 0 Å². The largest absolute Gasteiger partial charge is 0.356 e. The molecule has 1 unspecified atom stereocenters. The summed E-state index contributed by atoms with van der Waals surface area (Å²) in [6.07, 6.45) is 0.838. The average molecular weight is 432 g/mol. The highest BCUT2D eigenvalue weighted by molar-refractivity contribution is 5.87. The monoisotopic (exact) mass is 431 g/mol. The number of nitrogens with zero attached hydrogens (tertiary/aromatic N) is 1. The van der Waals surface area contributed by atoms with E-state index in [4.69, 9.17) is 0 Å². The van der Waals surface area contributed by atoms with Crippen LogP contribution in [0.4, 0.5) is 4.79 Å². The topological polar surface area (TPSA) is 48.1 Å². The molecule has 4 nitrogen and oxygen atoms in total. The van der Waals surface area contributed by atoms with Crippen LogP contribution in [0.3, 0.4) is 0 Å². The maximum Gasteiger partial charge on any atom is 0.318 e. The fraction of sp³-hybridized carbons (Fsp3) is 0.138. The Morgan fingerprint density at radius 3 is 2.45 bits per heavy atom. The number of aromatic nitrogens is 1. The smallest absolute Gasteiger partial charge is 0.318 e. The predicted molar refractivity (Wildman–Crippen MR) is 133 cm³/mol. The number of aromatic amines is 1. The number of rotatable bonds is 3. The molecule has 0 bridgehead atoms. The third-order valence-electron chi connectivity index (χ3n) is 6.72. The van der Waals surface area contributed by atoms with Crippen LogP contribution < -0.4 is 5.32 Å². The number of amides is 2. The van der Waals surface area contributed by atoms with E-state index in [2.05, 4.69) is 71.0 Å². The zero-order chi connectivity index (χ0) is 22.2. The van der Waals surface area contributed by atoms with Crippen LogP contribution in [-0.2, 0) is 13.0 Å². The summed E-state index contributed by atoms with van der Waals surface area (Å²) in [4.78, 5) is 19.1. The number of para-hydroxylation sites is 1. The predicted octanol–water partition coefficient (Wildman–Crippen LogP) is 6.18. The zero-order valence-electron chi connectivity index (χ0n) is 18.3. The quantitative estimate of drug-likeness (QED) is 0.352. The SMILES string of the molecule is O=C(NCc1cccc2ccccc12)N1CCc2c([nH]c3ccccc23)C1c1ccccc1. The lowest BCUT2D eigenvalue weighted by Crippen LogP contribution is -2.45. The molecule has 33 heavy (non-hydrogen) atoms. The highest BCUT2D eigenvalue weighted by Crippen LogP contribution is 2.38. The molecule has 162 valence electrons. The molecule has 1 aliphatic rings. The molecular weight excluding hydrogens is 406 g/mol. The summed E-state index contributed by atoms with van der Waals surface area (Å²) in [5, 5.41) is 6.82. The van der Waals surface area contributed by atoms with Gasteiger partial charge in [-0.05, 0) is 39.9 Å². The van der Waals surface area contributed by atoms with Crippen molar-refractivity contribution < 1.29 is 4.79 Å². The van der Waals surface area contributed by atoms with Gasteiger partial charge in [-0.15, -0.1) is 0 Å². The summed E-state index contributed by atoms with van der Waals surface area (Å²) >= 11 is 0. The third-order valence-corrected chi connectivity index (χ3v) is 6.72. The minimum absolute atomic E-state index is 0.0407. The number of urea groups is 1. The fourth-order valence-corrected chi connectivity index (χ4v) is 5.16. The van der Waals surface area contributed by atoms with Crippen molar-refractivity contribution in [3.8, 4) is 0 Å². The molecule has 4 heteroatoms. The molecular formula is C29H25N3O. The van der Waals surface area contributed by atoms with Gasteiger partial charge in [-0.1, -0.05) is 91.0 Å². The van der Waals surface area contributed by atoms with Gasteiger partial charge in [0.15, 0.2) is 0 Å². The molecule has 2 N–H and O–H groups in total. The van der Waals surface area contributed by atoms with Crippen LogP contribution in [0.1, 0.15) is 28.4 Å². The van der Waals surface area contributed by atoms with Crippen molar-refractivity contribution in [1.82, 2.24) is 15.2 Å². The number of nitrogens with one attached hydrogen (secondary N) is 2. The van der Waals surface area contributed by atoms with Crippen LogP contribution in [0.15, 0.2) is 97.1 Å². The highest BCUT2D eigenvalue weighted by Gasteiger charge is 2.34. The number of fused-ring (bicyclic) bond motifs is 4. The summed E-state index contributed by atoms with van der Waals surface area (Å²) in [6, 6.07) is 33.1. The minimum atomic E-state index is -0.144. The first-order chi connectivity index (χ1) is 16.3. The number of carbonyl (C=O) groups excluding carboxylic acids is 1. The summed E-state index contributed by atoms with van der Waals surface area (Å²) < 4.78 is 0. The van der Waals surface area contributed by atoms with Gasteiger partial charge in [-0.25, -0.2) is 4.79 Å². The van der Waals surface area contributed by atoms with Gasteiger partial charge in [0, 0.05) is 29.7 Å². The van der Waals surface area contributed by atoms with Crippen LogP contribution in [0.5, 0.6) is 0 Å². The molecule has 0 saturated carbocycles. The molecule has 6 rings (SSSR count). The fourth-order valence-electron chi connectivity index (χ4n) is 5.16. The zero-order valence-corrected chi connectivity index (χ0v) is 18.3. The maximum absolute atomic E-state index is 13.5. The molecule has 0 radical (unpaired) electrons. The Morgan fingerprint density at radius 1 is 0.848 bits per heavy atom. The highest BCUT2D eigenvalue weighted by atomic mass is 16.2. The van der Waals surface area contributed by atoms with Gasteiger partial charge in [0.1, 0.15) is 0 Å². The standard InChI is InChI=1S/C29H25N3O/c33-29(30-19-22-13-8-12-20-9-4-5-14-23(20)22)32-18-17-25-24-15-6-7-16-26(24)31-27(25)28(32)21-10-2-1-3-11-21/h1-16,28,31H,17-19H2,(H,30,33). The van der Waals surface area contributed by atoms with Gasteiger partial charge in [-0.3, -0.25) is 0 Å². The Bertz CT molecular complexity index is 1450. The van der Waals surface area contributed by atoms with Crippen LogP contribution in [-0.4, -0.2) is 22.5 Å². The molecule has 5 aromatic rings. The molecule has 0 fully saturated rings. The molecule has 2 amide bonds. The third kappa shape index (κ3) is 3.44. The molecule has 1 aliphatic heterocycles. The maximum atomic E-state index is 13.5. The van der Waals surface area contributed by atoms with Crippen molar-refractivity contribution in [2.45, 2.75) is 19.0 Å². The Hall–Kier alpha value is -4.05. The van der Waals surface area contributed by atoms with E-state index in [1.807, 2.05) is 41.3 Å². The number of hydrogen-bond donors (Lipinski definition) is 2. The lowest BCUT2D eigenvalue weighted by atomic mass is 9.92. The van der Waals surface area contributed by atoms with Gasteiger partial charge in [0.25, 0.3) is 0 Å². The number of hydrogen-bond acceptors (Lipinski definition) is 1. The normalized spacial score (nSPS) is 15.5. The van der Waals surface area contributed by atoms with Crippen molar-refractivity contribution in [1.29, 1.82) is 0 Å². The van der Waals surface area contributed by atoms with E-state index in [1.165, 1.54) is 21.7 Å². The first kappa shape index (κ1) is 19.6. The Balaban J connectivity index is 1.34. The molecule has 1 aromatic heterocycles. The van der Waals surface area contributed by atoms with Crippen molar-refractivity contribution in [2.24, 2.45) is 0 Å². The van der Waals surface area contributed by atoms with E-state index < -0.39 is 0 Å². The second-order valence-electron chi connectivity index (χ2n) is 8.62. The Labute approximate surface area is 192 Å². The lowest BCUT2D eigenvalue weighted by Gasteiger charge is -2.36. The van der Waals surface area contributed by atoms with Crippen LogP contribution in [0.2, 0.25) is 0 Å². The second kappa shape index (κ2) is 8.14. The summed E-state index contributed by atoms with van der Waals surface area (Å²) in [6.45, 7) is 1.17. The molecule has 4 aromatic carbocycles. The summed E-state index contributed by atoms with van der Waals surface area (Å²) in [7, 11) is 0. The van der Waals surface area contributed by atoms with Crippen molar-refractivity contribution in [2.75, 3.05) is 6.54 Å². The van der Waals surface area contributed by atoms with Gasteiger partial charge in [0.05, 0.1) is 6.04 Å². The summed E-state index contributed by atoms with van der Waals surface area (Å²) in [5.74, 6) is 0. The molecule has 1 atom stereocenters. The molecule has 0 spiro atoms. The van der Waals surface area contributed by atoms with E-state index in [0.717, 1.165) is 28.8 Å². The van der Waals surface area contributed by atoms with Crippen LogP contribution in [0.25, 0.3) is 21.7 Å². The van der Waals surface area contributed by atoms with Crippen molar-refractivity contribution in [3.05, 3.63) is 119 Å². The number of benzene rings is 4. The Kier molecular flexibility index (Phi) is 4.84. The van der Waals surface area contributed by atoms with E-state index in [9.17, 15) is 4.79 Å².